The predicted molar refractivity (Wildman–Crippen MR) is 68.9 cm³/mol. The van der Waals surface area contributed by atoms with Crippen molar-refractivity contribution in [3.8, 4) is 0 Å². The van der Waals surface area contributed by atoms with Crippen LogP contribution in [0.3, 0.4) is 0 Å². The van der Waals surface area contributed by atoms with Gasteiger partial charge in [0.1, 0.15) is 0 Å². The van der Waals surface area contributed by atoms with Gasteiger partial charge in [0.15, 0.2) is 0 Å². The average molecular weight is 239 g/mol. The SMILES string of the molecule is CCC1CN(C(=O)CN2CCN(CC)CC2)C1. The second kappa shape index (κ2) is 5.83. The summed E-state index contributed by atoms with van der Waals surface area (Å²) in [4.78, 5) is 18.7. The Balaban J connectivity index is 1.66. The van der Waals surface area contributed by atoms with E-state index in [1.807, 2.05) is 4.90 Å². The van der Waals surface area contributed by atoms with E-state index in [1.165, 1.54) is 6.42 Å². The minimum absolute atomic E-state index is 0.333. The fourth-order valence-corrected chi connectivity index (χ4v) is 2.59. The molecule has 98 valence electrons. The molecule has 0 bridgehead atoms. The topological polar surface area (TPSA) is 26.8 Å². The van der Waals surface area contributed by atoms with E-state index in [-0.39, 0.29) is 0 Å². The minimum atomic E-state index is 0.333. The van der Waals surface area contributed by atoms with E-state index in [0.29, 0.717) is 12.5 Å². The first kappa shape index (κ1) is 12.8. The molecule has 0 aromatic rings. The Morgan fingerprint density at radius 1 is 1.06 bits per heavy atom. The van der Waals surface area contributed by atoms with Crippen LogP contribution in [0.4, 0.5) is 0 Å². The zero-order chi connectivity index (χ0) is 12.3. The number of rotatable bonds is 4. The summed E-state index contributed by atoms with van der Waals surface area (Å²) in [5.74, 6) is 1.09. The summed E-state index contributed by atoms with van der Waals surface area (Å²) in [6.45, 7) is 12.5. The number of hydrogen-bond acceptors (Lipinski definition) is 3. The van der Waals surface area contributed by atoms with Crippen LogP contribution in [0.15, 0.2) is 0 Å². The Hall–Kier alpha value is -0.610. The maximum absolute atomic E-state index is 12.0. The highest BCUT2D eigenvalue weighted by Gasteiger charge is 2.30. The van der Waals surface area contributed by atoms with Gasteiger partial charge in [0.25, 0.3) is 0 Å². The van der Waals surface area contributed by atoms with Gasteiger partial charge < -0.3 is 9.80 Å². The van der Waals surface area contributed by atoms with Crippen LogP contribution >= 0.6 is 0 Å². The van der Waals surface area contributed by atoms with Crippen molar-refractivity contribution in [2.45, 2.75) is 20.3 Å². The first-order chi connectivity index (χ1) is 8.22. The number of likely N-dealkylation sites (N-methyl/N-ethyl adjacent to an activating group) is 1. The fourth-order valence-electron chi connectivity index (χ4n) is 2.59. The van der Waals surface area contributed by atoms with E-state index in [1.54, 1.807) is 0 Å². The van der Waals surface area contributed by atoms with E-state index in [0.717, 1.165) is 51.7 Å². The van der Waals surface area contributed by atoms with Crippen LogP contribution in [0.1, 0.15) is 20.3 Å². The van der Waals surface area contributed by atoms with Crippen LogP contribution < -0.4 is 0 Å². The average Bonchev–Trinajstić information content (AvgIpc) is 2.28. The molecule has 2 saturated heterocycles. The quantitative estimate of drug-likeness (QED) is 0.714. The molecule has 2 rings (SSSR count). The predicted octanol–water partition coefficient (Wildman–Crippen LogP) is 0.492. The Labute approximate surface area is 105 Å². The molecule has 0 aliphatic carbocycles. The number of piperazine rings is 1. The minimum Gasteiger partial charge on any atom is -0.341 e. The molecule has 2 aliphatic rings. The summed E-state index contributed by atoms with van der Waals surface area (Å²) in [6, 6.07) is 0. The van der Waals surface area contributed by atoms with Crippen molar-refractivity contribution >= 4 is 5.91 Å². The zero-order valence-corrected chi connectivity index (χ0v) is 11.2. The third kappa shape index (κ3) is 3.19. The summed E-state index contributed by atoms with van der Waals surface area (Å²) in [5, 5.41) is 0. The molecule has 2 fully saturated rings. The summed E-state index contributed by atoms with van der Waals surface area (Å²) in [7, 11) is 0. The largest absolute Gasteiger partial charge is 0.341 e. The van der Waals surface area contributed by atoms with E-state index < -0.39 is 0 Å². The molecule has 0 aromatic heterocycles. The smallest absolute Gasteiger partial charge is 0.236 e. The first-order valence-corrected chi connectivity index (χ1v) is 6.95. The van der Waals surface area contributed by atoms with Crippen LogP contribution in [0.5, 0.6) is 0 Å². The van der Waals surface area contributed by atoms with Crippen LogP contribution in [-0.2, 0) is 4.79 Å². The maximum atomic E-state index is 12.0. The molecule has 0 aromatic carbocycles. The maximum Gasteiger partial charge on any atom is 0.236 e. The van der Waals surface area contributed by atoms with Gasteiger partial charge in [-0.3, -0.25) is 9.69 Å². The number of likely N-dealkylation sites (tertiary alicyclic amines) is 1. The number of nitrogens with zero attached hydrogens (tertiary/aromatic N) is 3. The number of carbonyl (C=O) groups is 1. The zero-order valence-electron chi connectivity index (χ0n) is 11.2. The summed E-state index contributed by atoms with van der Waals surface area (Å²) < 4.78 is 0. The van der Waals surface area contributed by atoms with E-state index >= 15 is 0 Å². The van der Waals surface area contributed by atoms with Crippen molar-refractivity contribution in [2.24, 2.45) is 5.92 Å². The van der Waals surface area contributed by atoms with Crippen molar-refractivity contribution in [3.05, 3.63) is 0 Å². The molecular formula is C13H25N3O. The number of amides is 1. The molecule has 0 saturated carbocycles. The molecule has 4 heteroatoms. The molecule has 0 atom stereocenters. The van der Waals surface area contributed by atoms with Gasteiger partial charge in [-0.1, -0.05) is 13.8 Å². The van der Waals surface area contributed by atoms with Crippen molar-refractivity contribution in [1.82, 2.24) is 14.7 Å². The number of hydrogen-bond donors (Lipinski definition) is 0. The fraction of sp³-hybridized carbons (Fsp3) is 0.923. The molecular weight excluding hydrogens is 214 g/mol. The molecule has 2 heterocycles. The standard InChI is InChI=1S/C13H25N3O/c1-3-12-9-16(10-12)13(17)11-15-7-5-14(4-2)6-8-15/h12H,3-11H2,1-2H3. The van der Waals surface area contributed by atoms with Crippen LogP contribution in [0.25, 0.3) is 0 Å². The first-order valence-electron chi connectivity index (χ1n) is 6.95. The molecule has 1 amide bonds. The third-order valence-electron chi connectivity index (χ3n) is 4.16. The summed E-state index contributed by atoms with van der Waals surface area (Å²) in [6.07, 6.45) is 1.21. The molecule has 4 nitrogen and oxygen atoms in total. The second-order valence-electron chi connectivity index (χ2n) is 5.28. The van der Waals surface area contributed by atoms with Crippen molar-refractivity contribution in [2.75, 3.05) is 52.4 Å². The molecule has 0 radical (unpaired) electrons. The van der Waals surface area contributed by atoms with E-state index in [9.17, 15) is 4.79 Å². The van der Waals surface area contributed by atoms with Crippen molar-refractivity contribution in [3.63, 3.8) is 0 Å². The molecule has 17 heavy (non-hydrogen) atoms. The third-order valence-corrected chi connectivity index (χ3v) is 4.16. The summed E-state index contributed by atoms with van der Waals surface area (Å²) >= 11 is 0. The molecule has 0 spiro atoms. The van der Waals surface area contributed by atoms with Crippen LogP contribution in [0.2, 0.25) is 0 Å². The molecule has 0 unspecified atom stereocenters. The van der Waals surface area contributed by atoms with Crippen LogP contribution in [-0.4, -0.2) is 73.0 Å². The Morgan fingerprint density at radius 2 is 1.65 bits per heavy atom. The van der Waals surface area contributed by atoms with Gasteiger partial charge in [0.05, 0.1) is 6.54 Å². The Bertz CT molecular complexity index is 255. The molecule has 0 N–H and O–H groups in total. The Morgan fingerprint density at radius 3 is 2.18 bits per heavy atom. The van der Waals surface area contributed by atoms with E-state index in [4.69, 9.17) is 0 Å². The highest BCUT2D eigenvalue weighted by atomic mass is 16.2. The highest BCUT2D eigenvalue weighted by molar-refractivity contribution is 5.79. The van der Waals surface area contributed by atoms with Gasteiger partial charge in [-0.25, -0.2) is 0 Å². The highest BCUT2D eigenvalue weighted by Crippen LogP contribution is 2.18. The van der Waals surface area contributed by atoms with Crippen molar-refractivity contribution in [1.29, 1.82) is 0 Å². The molecule has 2 aliphatic heterocycles. The number of carbonyl (C=O) groups excluding carboxylic acids is 1. The van der Waals surface area contributed by atoms with Gasteiger partial charge in [-0.05, 0) is 18.9 Å². The lowest BCUT2D eigenvalue weighted by molar-refractivity contribution is -0.139. The second-order valence-corrected chi connectivity index (χ2v) is 5.28. The normalized spacial score (nSPS) is 23.8. The van der Waals surface area contributed by atoms with Gasteiger partial charge in [0.2, 0.25) is 5.91 Å². The van der Waals surface area contributed by atoms with Crippen molar-refractivity contribution < 1.29 is 4.79 Å². The Kier molecular flexibility index (Phi) is 4.40. The monoisotopic (exact) mass is 239 g/mol. The lowest BCUT2D eigenvalue weighted by Crippen LogP contribution is -2.55. The summed E-state index contributed by atoms with van der Waals surface area (Å²) in [5.41, 5.74) is 0. The van der Waals surface area contributed by atoms with Gasteiger partial charge in [0, 0.05) is 39.3 Å². The van der Waals surface area contributed by atoms with E-state index in [2.05, 4.69) is 23.6 Å². The van der Waals surface area contributed by atoms with Gasteiger partial charge in [-0.2, -0.15) is 0 Å². The lowest BCUT2D eigenvalue weighted by atomic mass is 9.97. The van der Waals surface area contributed by atoms with Gasteiger partial charge in [-0.15, -0.1) is 0 Å². The van der Waals surface area contributed by atoms with Crippen LogP contribution in [0, 0.1) is 5.92 Å². The van der Waals surface area contributed by atoms with Gasteiger partial charge >= 0.3 is 0 Å². The lowest BCUT2D eigenvalue weighted by Gasteiger charge is -2.41.